The Morgan fingerprint density at radius 1 is 0.939 bits per heavy atom. The van der Waals surface area contributed by atoms with Crippen molar-refractivity contribution in [2.75, 3.05) is 14.2 Å². The summed E-state index contributed by atoms with van der Waals surface area (Å²) in [5, 5.41) is 2.89. The van der Waals surface area contributed by atoms with Gasteiger partial charge in [0.2, 0.25) is 0 Å². The number of imide groups is 1. The molecule has 4 aromatic rings. The van der Waals surface area contributed by atoms with Crippen LogP contribution in [0, 0.1) is 0 Å². The monoisotopic (exact) mass is 474 g/mol. The van der Waals surface area contributed by atoms with Crippen LogP contribution in [0.3, 0.4) is 0 Å². The summed E-state index contributed by atoms with van der Waals surface area (Å²) in [6.45, 7) is 0. The van der Waals surface area contributed by atoms with Crippen molar-refractivity contribution in [3.63, 3.8) is 0 Å². The molecule has 1 fully saturated rings. The lowest BCUT2D eigenvalue weighted by atomic mass is 10.0. The highest BCUT2D eigenvalue weighted by Gasteiger charge is 2.25. The zero-order valence-corrected chi connectivity index (χ0v) is 19.4. The molecule has 2 aromatic heterocycles. The number of carbonyl (C=O) groups is 2. The molecule has 6 nitrogen and oxygen atoms in total. The predicted molar refractivity (Wildman–Crippen MR) is 133 cm³/mol. The Hall–Kier alpha value is -3.62. The number of thiophene rings is 1. The summed E-state index contributed by atoms with van der Waals surface area (Å²) in [6, 6.07) is 17.7. The molecule has 0 atom stereocenters. The van der Waals surface area contributed by atoms with E-state index in [1.807, 2.05) is 42.5 Å². The molecule has 2 aromatic carbocycles. The minimum Gasteiger partial charge on any atom is -0.496 e. The van der Waals surface area contributed by atoms with E-state index in [-0.39, 0.29) is 11.1 Å². The fourth-order valence-electron chi connectivity index (χ4n) is 3.75. The first-order chi connectivity index (χ1) is 16.1. The smallest absolute Gasteiger partial charge is 0.290 e. The van der Waals surface area contributed by atoms with Crippen molar-refractivity contribution in [3.8, 4) is 32.4 Å². The van der Waals surface area contributed by atoms with Crippen molar-refractivity contribution in [2.24, 2.45) is 0 Å². The molecule has 3 heterocycles. The second-order valence-corrected chi connectivity index (χ2v) is 9.29. The van der Waals surface area contributed by atoms with Crippen LogP contribution >= 0.6 is 23.1 Å². The van der Waals surface area contributed by atoms with Gasteiger partial charge >= 0.3 is 0 Å². The number of nitrogens with one attached hydrogen (secondary N) is 1. The van der Waals surface area contributed by atoms with Crippen LogP contribution in [0.1, 0.15) is 5.56 Å². The van der Waals surface area contributed by atoms with Gasteiger partial charge in [0, 0.05) is 26.9 Å². The summed E-state index contributed by atoms with van der Waals surface area (Å²) < 4.78 is 11.1. The van der Waals surface area contributed by atoms with Crippen LogP contribution in [0.4, 0.5) is 4.79 Å². The molecule has 0 spiro atoms. The number of ether oxygens (including phenoxy) is 2. The summed E-state index contributed by atoms with van der Waals surface area (Å²) in [6.07, 6.45) is 3.51. The SMILES string of the molecule is COc1cccc(OC)c1-c1ccc(-c2ccnc3ccc(/C=C4/SC(=O)NC4=O)cc23)s1. The molecular formula is C25H18N2O4S2. The van der Waals surface area contributed by atoms with Gasteiger partial charge in [0.15, 0.2) is 0 Å². The maximum Gasteiger partial charge on any atom is 0.290 e. The molecule has 1 aliphatic heterocycles. The minimum absolute atomic E-state index is 0.354. The molecule has 8 heteroatoms. The third kappa shape index (κ3) is 3.99. The second kappa shape index (κ2) is 8.73. The highest BCUT2D eigenvalue weighted by atomic mass is 32.2. The van der Waals surface area contributed by atoms with Gasteiger partial charge in [0.05, 0.1) is 30.2 Å². The van der Waals surface area contributed by atoms with Crippen LogP contribution in [-0.2, 0) is 4.79 Å². The predicted octanol–water partition coefficient (Wildman–Crippen LogP) is 5.97. The Bertz CT molecular complexity index is 1420. The third-order valence-corrected chi connectivity index (χ3v) is 7.20. The van der Waals surface area contributed by atoms with E-state index in [1.54, 1.807) is 37.8 Å². The molecule has 1 aliphatic rings. The Morgan fingerprint density at radius 2 is 1.70 bits per heavy atom. The average Bonchev–Trinajstić information content (AvgIpc) is 3.44. The standard InChI is InChI=1S/C25H18N2O4S2/c1-30-18-4-3-5-19(31-2)23(18)21-9-8-20(32-21)15-10-11-26-17-7-6-14(12-16(15)17)13-22-24(28)27-25(29)33-22/h3-13H,1-2H3,(H,27,28,29)/b22-13+. The molecule has 0 saturated carbocycles. The van der Waals surface area contributed by atoms with Gasteiger partial charge in [-0.2, -0.15) is 0 Å². The largest absolute Gasteiger partial charge is 0.496 e. The van der Waals surface area contributed by atoms with Gasteiger partial charge in [-0.1, -0.05) is 12.1 Å². The normalized spacial score (nSPS) is 14.7. The van der Waals surface area contributed by atoms with Crippen LogP contribution in [0.25, 0.3) is 37.9 Å². The van der Waals surface area contributed by atoms with Gasteiger partial charge in [-0.25, -0.2) is 0 Å². The van der Waals surface area contributed by atoms with E-state index in [0.717, 1.165) is 60.6 Å². The van der Waals surface area contributed by atoms with Crippen molar-refractivity contribution in [2.45, 2.75) is 0 Å². The number of pyridine rings is 1. The van der Waals surface area contributed by atoms with E-state index in [4.69, 9.17) is 9.47 Å². The van der Waals surface area contributed by atoms with Gasteiger partial charge in [-0.15, -0.1) is 11.3 Å². The number of amides is 2. The Morgan fingerprint density at radius 3 is 2.39 bits per heavy atom. The Balaban J connectivity index is 1.59. The first kappa shape index (κ1) is 21.2. The quantitative estimate of drug-likeness (QED) is 0.359. The van der Waals surface area contributed by atoms with Crippen LogP contribution in [0.2, 0.25) is 0 Å². The van der Waals surface area contributed by atoms with Crippen LogP contribution in [-0.4, -0.2) is 30.3 Å². The highest BCUT2D eigenvalue weighted by molar-refractivity contribution is 8.18. The number of hydrogen-bond acceptors (Lipinski definition) is 7. The molecule has 1 saturated heterocycles. The molecule has 0 unspecified atom stereocenters. The lowest BCUT2D eigenvalue weighted by Gasteiger charge is -2.11. The zero-order chi connectivity index (χ0) is 22.9. The number of methoxy groups -OCH3 is 2. The number of hydrogen-bond donors (Lipinski definition) is 1. The molecule has 0 aliphatic carbocycles. The van der Waals surface area contributed by atoms with Crippen molar-refractivity contribution in [1.82, 2.24) is 10.3 Å². The number of carbonyl (C=O) groups excluding carboxylic acids is 2. The lowest BCUT2D eigenvalue weighted by molar-refractivity contribution is -0.115. The first-order valence-electron chi connectivity index (χ1n) is 10.0. The molecule has 5 rings (SSSR count). The summed E-state index contributed by atoms with van der Waals surface area (Å²) in [5.74, 6) is 1.13. The number of nitrogens with zero attached hydrogens (tertiary/aromatic N) is 1. The summed E-state index contributed by atoms with van der Waals surface area (Å²) in [5.41, 5.74) is 3.62. The number of thioether (sulfide) groups is 1. The average molecular weight is 475 g/mol. The number of rotatable bonds is 5. The molecule has 1 N–H and O–H groups in total. The Labute approximate surface area is 198 Å². The van der Waals surface area contributed by atoms with Crippen LogP contribution in [0.15, 0.2) is 65.7 Å². The lowest BCUT2D eigenvalue weighted by Crippen LogP contribution is -2.17. The fraction of sp³-hybridized carbons (Fsp3) is 0.0800. The third-order valence-electron chi connectivity index (χ3n) is 5.25. The van der Waals surface area contributed by atoms with Gasteiger partial charge in [-0.05, 0) is 65.9 Å². The van der Waals surface area contributed by atoms with Crippen molar-refractivity contribution < 1.29 is 19.1 Å². The minimum atomic E-state index is -0.370. The second-order valence-electron chi connectivity index (χ2n) is 7.19. The number of aromatic nitrogens is 1. The van der Waals surface area contributed by atoms with E-state index in [9.17, 15) is 9.59 Å². The maximum atomic E-state index is 11.9. The van der Waals surface area contributed by atoms with Gasteiger partial charge in [0.25, 0.3) is 11.1 Å². The Kier molecular flexibility index (Phi) is 5.62. The fourth-order valence-corrected chi connectivity index (χ4v) is 5.53. The highest BCUT2D eigenvalue weighted by Crippen LogP contribution is 2.44. The topological polar surface area (TPSA) is 77.5 Å². The molecular weight excluding hydrogens is 456 g/mol. The summed E-state index contributed by atoms with van der Waals surface area (Å²) in [4.78, 5) is 30.4. The number of fused-ring (bicyclic) bond motifs is 1. The van der Waals surface area contributed by atoms with Crippen molar-refractivity contribution >= 4 is 51.2 Å². The first-order valence-corrected chi connectivity index (χ1v) is 11.7. The number of benzene rings is 2. The molecule has 33 heavy (non-hydrogen) atoms. The molecule has 2 amide bonds. The zero-order valence-electron chi connectivity index (χ0n) is 17.7. The van der Waals surface area contributed by atoms with E-state index in [2.05, 4.69) is 22.4 Å². The van der Waals surface area contributed by atoms with Crippen LogP contribution in [0.5, 0.6) is 11.5 Å². The molecule has 0 bridgehead atoms. The summed E-state index contributed by atoms with van der Waals surface area (Å²) >= 11 is 2.54. The van der Waals surface area contributed by atoms with Crippen molar-refractivity contribution in [3.05, 3.63) is 71.3 Å². The van der Waals surface area contributed by atoms with Gasteiger partial charge < -0.3 is 9.47 Å². The van der Waals surface area contributed by atoms with E-state index in [1.165, 1.54) is 0 Å². The summed E-state index contributed by atoms with van der Waals surface area (Å²) in [7, 11) is 3.30. The maximum absolute atomic E-state index is 11.9. The van der Waals surface area contributed by atoms with Gasteiger partial charge in [-0.3, -0.25) is 19.9 Å². The van der Waals surface area contributed by atoms with Gasteiger partial charge in [0.1, 0.15) is 11.5 Å². The van der Waals surface area contributed by atoms with E-state index >= 15 is 0 Å². The van der Waals surface area contributed by atoms with Crippen molar-refractivity contribution in [1.29, 1.82) is 0 Å². The van der Waals surface area contributed by atoms with E-state index < -0.39 is 0 Å². The van der Waals surface area contributed by atoms with Crippen LogP contribution < -0.4 is 14.8 Å². The molecule has 164 valence electrons. The van der Waals surface area contributed by atoms with E-state index in [0.29, 0.717) is 4.91 Å². The molecule has 0 radical (unpaired) electrons.